The van der Waals surface area contributed by atoms with Crippen molar-refractivity contribution in [1.29, 1.82) is 0 Å². The number of anilines is 1. The number of hydrogen-bond donors (Lipinski definition) is 1. The number of amides is 2. The van der Waals surface area contributed by atoms with Crippen molar-refractivity contribution in [3.8, 4) is 0 Å². The molecule has 2 aromatic carbocycles. The van der Waals surface area contributed by atoms with Crippen molar-refractivity contribution < 1.29 is 9.18 Å². The maximum atomic E-state index is 14.0. The molecule has 1 unspecified atom stereocenters. The summed E-state index contributed by atoms with van der Waals surface area (Å²) in [5.41, 5.74) is 1.25. The van der Waals surface area contributed by atoms with Crippen LogP contribution in [0.5, 0.6) is 0 Å². The molecule has 0 aliphatic carbocycles. The normalized spacial score (nSPS) is 17.5. The minimum absolute atomic E-state index is 0.217. The van der Waals surface area contributed by atoms with E-state index in [-0.39, 0.29) is 17.2 Å². The Morgan fingerprint density at radius 2 is 1.95 bits per heavy atom. The van der Waals surface area contributed by atoms with Gasteiger partial charge in [0.2, 0.25) is 0 Å². The zero-order valence-corrected chi connectivity index (χ0v) is 14.0. The highest BCUT2D eigenvalue weighted by molar-refractivity contribution is 9.10. The summed E-state index contributed by atoms with van der Waals surface area (Å²) >= 11 is 4.98. The maximum absolute atomic E-state index is 14.0. The molecule has 3 nitrogen and oxygen atoms in total. The van der Waals surface area contributed by atoms with Crippen molar-refractivity contribution >= 4 is 39.4 Å². The van der Waals surface area contributed by atoms with Gasteiger partial charge in [-0.15, -0.1) is 11.8 Å². The monoisotopic (exact) mass is 380 g/mol. The molecule has 0 aromatic heterocycles. The molecule has 1 aliphatic heterocycles. The summed E-state index contributed by atoms with van der Waals surface area (Å²) in [4.78, 5) is 14.2. The molecule has 3 rings (SSSR count). The van der Waals surface area contributed by atoms with Crippen LogP contribution >= 0.6 is 27.7 Å². The SMILES string of the molecule is O=C(Nc1ccccc1Br)N1CCSC1c1ccccc1F. The number of nitrogens with one attached hydrogen (secondary N) is 1. The minimum atomic E-state index is -0.288. The number of rotatable bonds is 2. The minimum Gasteiger partial charge on any atom is -0.307 e. The smallest absolute Gasteiger partial charge is 0.307 e. The molecule has 22 heavy (non-hydrogen) atoms. The van der Waals surface area contributed by atoms with Crippen LogP contribution in [-0.2, 0) is 0 Å². The number of thioether (sulfide) groups is 1. The predicted molar refractivity (Wildman–Crippen MR) is 91.5 cm³/mol. The average molecular weight is 381 g/mol. The van der Waals surface area contributed by atoms with Crippen molar-refractivity contribution in [3.63, 3.8) is 0 Å². The van der Waals surface area contributed by atoms with Gasteiger partial charge in [-0.1, -0.05) is 30.3 Å². The molecule has 0 bridgehead atoms. The van der Waals surface area contributed by atoms with Gasteiger partial charge >= 0.3 is 6.03 Å². The van der Waals surface area contributed by atoms with Crippen molar-refractivity contribution in [2.45, 2.75) is 5.37 Å². The summed E-state index contributed by atoms with van der Waals surface area (Å²) in [6.45, 7) is 0.597. The first-order chi connectivity index (χ1) is 10.7. The van der Waals surface area contributed by atoms with Crippen molar-refractivity contribution in [2.24, 2.45) is 0 Å². The van der Waals surface area contributed by atoms with Gasteiger partial charge in [-0.05, 0) is 34.1 Å². The molecule has 1 atom stereocenters. The molecular formula is C16H14BrFN2OS. The van der Waals surface area contributed by atoms with E-state index in [1.165, 1.54) is 6.07 Å². The zero-order valence-electron chi connectivity index (χ0n) is 11.6. The number of nitrogens with zero attached hydrogens (tertiary/aromatic N) is 1. The predicted octanol–water partition coefficient (Wildman–Crippen LogP) is 4.87. The second-order valence-electron chi connectivity index (χ2n) is 4.85. The fourth-order valence-electron chi connectivity index (χ4n) is 2.36. The van der Waals surface area contributed by atoms with Crippen LogP contribution < -0.4 is 5.32 Å². The quantitative estimate of drug-likeness (QED) is 0.805. The van der Waals surface area contributed by atoms with E-state index < -0.39 is 0 Å². The lowest BCUT2D eigenvalue weighted by molar-refractivity contribution is 0.213. The van der Waals surface area contributed by atoms with E-state index >= 15 is 0 Å². The first-order valence-corrected chi connectivity index (χ1v) is 8.69. The van der Waals surface area contributed by atoms with Crippen molar-refractivity contribution in [3.05, 3.63) is 64.4 Å². The van der Waals surface area contributed by atoms with E-state index in [9.17, 15) is 9.18 Å². The van der Waals surface area contributed by atoms with Gasteiger partial charge in [-0.3, -0.25) is 0 Å². The highest BCUT2D eigenvalue weighted by Crippen LogP contribution is 2.39. The van der Waals surface area contributed by atoms with Gasteiger partial charge in [-0.25, -0.2) is 9.18 Å². The van der Waals surface area contributed by atoms with Gasteiger partial charge in [0.1, 0.15) is 11.2 Å². The Morgan fingerprint density at radius 1 is 1.23 bits per heavy atom. The second kappa shape index (κ2) is 6.71. The van der Waals surface area contributed by atoms with Crippen LogP contribution in [0.3, 0.4) is 0 Å². The van der Waals surface area contributed by atoms with Gasteiger partial charge < -0.3 is 10.2 Å². The standard InChI is InChI=1S/C16H14BrFN2OS/c17-12-6-2-4-8-14(12)19-16(21)20-9-10-22-15(20)11-5-1-3-7-13(11)18/h1-8,15H,9-10H2,(H,19,21). The number of urea groups is 1. The van der Waals surface area contributed by atoms with Crippen LogP contribution in [0.15, 0.2) is 53.0 Å². The summed E-state index contributed by atoms with van der Waals surface area (Å²) < 4.78 is 14.8. The van der Waals surface area contributed by atoms with E-state index in [4.69, 9.17) is 0 Å². The van der Waals surface area contributed by atoms with Crippen molar-refractivity contribution in [1.82, 2.24) is 4.90 Å². The van der Waals surface area contributed by atoms with E-state index in [0.717, 1.165) is 10.2 Å². The van der Waals surface area contributed by atoms with Crippen LogP contribution in [0.4, 0.5) is 14.9 Å². The Hall–Kier alpha value is -1.53. The van der Waals surface area contributed by atoms with Crippen LogP contribution in [0.25, 0.3) is 0 Å². The Bertz CT molecular complexity index is 697. The third-order valence-corrected chi connectivity index (χ3v) is 5.37. The lowest BCUT2D eigenvalue weighted by atomic mass is 10.2. The molecule has 6 heteroatoms. The third kappa shape index (κ3) is 3.13. The zero-order chi connectivity index (χ0) is 15.5. The van der Waals surface area contributed by atoms with E-state index in [1.807, 2.05) is 24.3 Å². The fourth-order valence-corrected chi connectivity index (χ4v) is 4.02. The summed E-state index contributed by atoms with van der Waals surface area (Å²) in [5, 5.41) is 2.59. The highest BCUT2D eigenvalue weighted by atomic mass is 79.9. The Balaban J connectivity index is 1.80. The molecular weight excluding hydrogens is 367 g/mol. The van der Waals surface area contributed by atoms with Gasteiger partial charge in [0.25, 0.3) is 0 Å². The lowest BCUT2D eigenvalue weighted by Crippen LogP contribution is -2.34. The number of carbonyl (C=O) groups is 1. The van der Waals surface area contributed by atoms with Crippen LogP contribution in [0, 0.1) is 5.82 Å². The van der Waals surface area contributed by atoms with E-state index in [2.05, 4.69) is 21.2 Å². The number of halogens is 2. The maximum Gasteiger partial charge on any atom is 0.323 e. The molecule has 114 valence electrons. The largest absolute Gasteiger partial charge is 0.323 e. The van der Waals surface area contributed by atoms with Gasteiger partial charge in [0.05, 0.1) is 5.69 Å². The number of carbonyl (C=O) groups excluding carboxylic acids is 1. The summed E-state index contributed by atoms with van der Waals surface area (Å²) in [7, 11) is 0. The van der Waals surface area contributed by atoms with Crippen LogP contribution in [0.1, 0.15) is 10.9 Å². The summed E-state index contributed by atoms with van der Waals surface area (Å²) in [5.74, 6) is 0.517. The number of hydrogen-bond acceptors (Lipinski definition) is 2. The lowest BCUT2D eigenvalue weighted by Gasteiger charge is -2.25. The molecule has 1 heterocycles. The van der Waals surface area contributed by atoms with E-state index in [1.54, 1.807) is 34.9 Å². The second-order valence-corrected chi connectivity index (χ2v) is 6.89. The first kappa shape index (κ1) is 15.4. The molecule has 2 amide bonds. The van der Waals surface area contributed by atoms with Gasteiger partial charge in [-0.2, -0.15) is 0 Å². The molecule has 2 aromatic rings. The summed E-state index contributed by atoms with van der Waals surface area (Å²) in [6, 6.07) is 13.8. The molecule has 1 N–H and O–H groups in total. The Labute approximate surface area is 141 Å². The molecule has 0 radical (unpaired) electrons. The summed E-state index contributed by atoms with van der Waals surface area (Å²) in [6.07, 6.45) is 0. The molecule has 0 spiro atoms. The highest BCUT2D eigenvalue weighted by Gasteiger charge is 2.32. The average Bonchev–Trinajstić information content (AvgIpc) is 2.99. The number of benzene rings is 2. The number of para-hydroxylation sites is 1. The molecule has 0 saturated carbocycles. The molecule has 1 fully saturated rings. The molecule has 1 saturated heterocycles. The Kier molecular flexibility index (Phi) is 4.69. The molecule has 1 aliphatic rings. The fraction of sp³-hybridized carbons (Fsp3) is 0.188. The van der Waals surface area contributed by atoms with Gasteiger partial charge in [0, 0.05) is 22.3 Å². The van der Waals surface area contributed by atoms with E-state index in [0.29, 0.717) is 17.8 Å². The van der Waals surface area contributed by atoms with Crippen LogP contribution in [0.2, 0.25) is 0 Å². The topological polar surface area (TPSA) is 32.3 Å². The Morgan fingerprint density at radius 3 is 2.73 bits per heavy atom. The van der Waals surface area contributed by atoms with Gasteiger partial charge in [0.15, 0.2) is 0 Å². The first-order valence-electron chi connectivity index (χ1n) is 6.85. The van der Waals surface area contributed by atoms with Crippen LogP contribution in [-0.4, -0.2) is 23.2 Å². The van der Waals surface area contributed by atoms with Crippen molar-refractivity contribution in [2.75, 3.05) is 17.6 Å². The third-order valence-electron chi connectivity index (χ3n) is 3.44.